The van der Waals surface area contributed by atoms with Crippen LogP contribution in [-0.2, 0) is 6.54 Å². The summed E-state index contributed by atoms with van der Waals surface area (Å²) in [5, 5.41) is 3.91. The van der Waals surface area contributed by atoms with Gasteiger partial charge in [0.25, 0.3) is 0 Å². The molecule has 0 amide bonds. The van der Waals surface area contributed by atoms with Crippen LogP contribution in [0.3, 0.4) is 0 Å². The van der Waals surface area contributed by atoms with Gasteiger partial charge in [0.15, 0.2) is 12.1 Å². The van der Waals surface area contributed by atoms with Crippen LogP contribution in [0.2, 0.25) is 0 Å². The average molecular weight is 218 g/mol. The van der Waals surface area contributed by atoms with E-state index in [0.717, 1.165) is 18.7 Å². The van der Waals surface area contributed by atoms with Crippen molar-refractivity contribution in [2.45, 2.75) is 25.3 Å². The number of hydrogen-bond donors (Lipinski definition) is 0. The van der Waals surface area contributed by atoms with Crippen molar-refractivity contribution in [2.75, 3.05) is 0 Å². The van der Waals surface area contributed by atoms with Crippen LogP contribution in [0.25, 0.3) is 0 Å². The van der Waals surface area contributed by atoms with Gasteiger partial charge in [-0.3, -0.25) is 4.79 Å². The highest BCUT2D eigenvalue weighted by Crippen LogP contribution is 2.38. The molecule has 2 aromatic heterocycles. The van der Waals surface area contributed by atoms with E-state index in [4.69, 9.17) is 4.52 Å². The SMILES string of the molecule is O=Cc1cn(Cc2nc(C3CC3)no2)cn1. The standard InChI is InChI=1S/C10H10N4O2/c15-5-8-3-14(6-11-8)4-9-12-10(13-16-9)7-1-2-7/h3,5-7H,1-2,4H2. The third kappa shape index (κ3) is 1.73. The van der Waals surface area contributed by atoms with Crippen molar-refractivity contribution >= 4 is 6.29 Å². The van der Waals surface area contributed by atoms with Crippen LogP contribution in [0.1, 0.15) is 41.0 Å². The maximum Gasteiger partial charge on any atom is 0.246 e. The molecule has 2 heterocycles. The van der Waals surface area contributed by atoms with Gasteiger partial charge in [-0.1, -0.05) is 5.16 Å². The minimum atomic E-state index is 0.405. The van der Waals surface area contributed by atoms with Crippen molar-refractivity contribution in [3.8, 4) is 0 Å². The first-order chi connectivity index (χ1) is 7.85. The number of nitrogens with zero attached hydrogens (tertiary/aromatic N) is 4. The van der Waals surface area contributed by atoms with Crippen molar-refractivity contribution in [3.05, 3.63) is 29.9 Å². The molecule has 0 atom stereocenters. The molecular formula is C10H10N4O2. The third-order valence-electron chi connectivity index (χ3n) is 2.52. The summed E-state index contributed by atoms with van der Waals surface area (Å²) in [5.74, 6) is 1.84. The molecule has 6 nitrogen and oxygen atoms in total. The molecule has 16 heavy (non-hydrogen) atoms. The first-order valence-corrected chi connectivity index (χ1v) is 5.14. The molecule has 1 fully saturated rings. The van der Waals surface area contributed by atoms with Crippen molar-refractivity contribution in [1.82, 2.24) is 19.7 Å². The predicted octanol–water partition coefficient (Wildman–Crippen LogP) is 1.00. The highest BCUT2D eigenvalue weighted by Gasteiger charge is 2.28. The smallest absolute Gasteiger partial charge is 0.246 e. The number of carbonyl (C=O) groups excluding carboxylic acids is 1. The molecule has 82 valence electrons. The van der Waals surface area contributed by atoms with E-state index in [2.05, 4.69) is 15.1 Å². The highest BCUT2D eigenvalue weighted by molar-refractivity contribution is 5.70. The molecule has 0 N–H and O–H groups in total. The zero-order valence-corrected chi connectivity index (χ0v) is 8.54. The van der Waals surface area contributed by atoms with Gasteiger partial charge < -0.3 is 9.09 Å². The number of hydrogen-bond acceptors (Lipinski definition) is 5. The molecule has 0 saturated heterocycles. The summed E-state index contributed by atoms with van der Waals surface area (Å²) in [6, 6.07) is 0. The second-order valence-corrected chi connectivity index (χ2v) is 3.91. The van der Waals surface area contributed by atoms with E-state index in [1.807, 2.05) is 0 Å². The minimum Gasteiger partial charge on any atom is -0.337 e. The Morgan fingerprint density at radius 3 is 3.12 bits per heavy atom. The van der Waals surface area contributed by atoms with Gasteiger partial charge in [-0.2, -0.15) is 4.98 Å². The van der Waals surface area contributed by atoms with Crippen LogP contribution in [0.4, 0.5) is 0 Å². The number of rotatable bonds is 4. The summed E-state index contributed by atoms with van der Waals surface area (Å²) in [7, 11) is 0. The van der Waals surface area contributed by atoms with Gasteiger partial charge in [-0.15, -0.1) is 0 Å². The molecule has 1 aliphatic rings. The van der Waals surface area contributed by atoms with E-state index in [9.17, 15) is 4.79 Å². The topological polar surface area (TPSA) is 73.8 Å². The lowest BCUT2D eigenvalue weighted by Crippen LogP contribution is -1.96. The van der Waals surface area contributed by atoms with Gasteiger partial charge in [-0.05, 0) is 12.8 Å². The molecule has 0 aliphatic heterocycles. The fraction of sp³-hybridized carbons (Fsp3) is 0.400. The Morgan fingerprint density at radius 1 is 1.56 bits per heavy atom. The zero-order valence-electron chi connectivity index (χ0n) is 8.54. The monoisotopic (exact) mass is 218 g/mol. The maximum atomic E-state index is 10.4. The zero-order chi connectivity index (χ0) is 11.0. The lowest BCUT2D eigenvalue weighted by molar-refractivity contribution is 0.111. The van der Waals surface area contributed by atoms with Gasteiger partial charge in [0, 0.05) is 12.1 Å². The molecule has 0 spiro atoms. The van der Waals surface area contributed by atoms with Crippen LogP contribution < -0.4 is 0 Å². The lowest BCUT2D eigenvalue weighted by Gasteiger charge is -1.93. The van der Waals surface area contributed by atoms with Crippen LogP contribution in [0, 0.1) is 0 Å². The summed E-state index contributed by atoms with van der Waals surface area (Å²) in [6.45, 7) is 0.459. The fourth-order valence-corrected chi connectivity index (χ4v) is 1.52. The average Bonchev–Trinajstić information content (AvgIpc) is 2.88. The van der Waals surface area contributed by atoms with E-state index in [1.165, 1.54) is 0 Å². The van der Waals surface area contributed by atoms with Crippen LogP contribution in [0.15, 0.2) is 17.0 Å². The van der Waals surface area contributed by atoms with Gasteiger partial charge >= 0.3 is 0 Å². The quantitative estimate of drug-likeness (QED) is 0.716. The Hall–Kier alpha value is -1.98. The third-order valence-corrected chi connectivity index (χ3v) is 2.52. The Kier molecular flexibility index (Phi) is 2.05. The minimum absolute atomic E-state index is 0.405. The molecule has 0 bridgehead atoms. The number of aldehydes is 1. The Balaban J connectivity index is 1.74. The molecule has 0 unspecified atom stereocenters. The normalized spacial score (nSPS) is 15.2. The summed E-state index contributed by atoms with van der Waals surface area (Å²) in [4.78, 5) is 18.6. The largest absolute Gasteiger partial charge is 0.337 e. The molecule has 1 saturated carbocycles. The van der Waals surface area contributed by atoms with Gasteiger partial charge in [0.05, 0.1) is 6.33 Å². The molecule has 6 heteroatoms. The second kappa shape index (κ2) is 3.55. The Morgan fingerprint density at radius 2 is 2.44 bits per heavy atom. The van der Waals surface area contributed by atoms with Crippen molar-refractivity contribution in [1.29, 1.82) is 0 Å². The maximum absolute atomic E-state index is 10.4. The molecule has 3 rings (SSSR count). The fourth-order valence-electron chi connectivity index (χ4n) is 1.52. The first kappa shape index (κ1) is 9.26. The molecular weight excluding hydrogens is 208 g/mol. The van der Waals surface area contributed by atoms with Gasteiger partial charge in [-0.25, -0.2) is 4.98 Å². The van der Waals surface area contributed by atoms with E-state index in [1.54, 1.807) is 17.1 Å². The Labute approximate surface area is 91.3 Å². The number of carbonyl (C=O) groups is 1. The lowest BCUT2D eigenvalue weighted by atomic mass is 10.4. The second-order valence-electron chi connectivity index (χ2n) is 3.91. The molecule has 1 aliphatic carbocycles. The summed E-state index contributed by atoms with van der Waals surface area (Å²) in [5.41, 5.74) is 0.405. The van der Waals surface area contributed by atoms with Crippen molar-refractivity contribution < 1.29 is 9.32 Å². The predicted molar refractivity (Wildman–Crippen MR) is 53.0 cm³/mol. The molecule has 0 aromatic carbocycles. The van der Waals surface area contributed by atoms with E-state index >= 15 is 0 Å². The number of aromatic nitrogens is 4. The van der Waals surface area contributed by atoms with E-state index < -0.39 is 0 Å². The van der Waals surface area contributed by atoms with Crippen LogP contribution in [-0.4, -0.2) is 26.0 Å². The van der Waals surface area contributed by atoms with Crippen molar-refractivity contribution in [2.24, 2.45) is 0 Å². The summed E-state index contributed by atoms with van der Waals surface area (Å²) in [6.07, 6.45) is 6.23. The molecule has 2 aromatic rings. The van der Waals surface area contributed by atoms with Crippen LogP contribution in [0.5, 0.6) is 0 Å². The first-order valence-electron chi connectivity index (χ1n) is 5.14. The summed E-state index contributed by atoms with van der Waals surface area (Å²) >= 11 is 0. The van der Waals surface area contributed by atoms with Crippen molar-refractivity contribution in [3.63, 3.8) is 0 Å². The summed E-state index contributed by atoms with van der Waals surface area (Å²) < 4.78 is 6.86. The Bertz CT molecular complexity index is 512. The van der Waals surface area contributed by atoms with E-state index in [0.29, 0.717) is 30.3 Å². The van der Waals surface area contributed by atoms with Gasteiger partial charge in [0.1, 0.15) is 12.2 Å². The molecule has 0 radical (unpaired) electrons. The van der Waals surface area contributed by atoms with Crippen LogP contribution >= 0.6 is 0 Å². The highest BCUT2D eigenvalue weighted by atomic mass is 16.5. The van der Waals surface area contributed by atoms with E-state index in [-0.39, 0.29) is 0 Å². The van der Waals surface area contributed by atoms with Gasteiger partial charge in [0.2, 0.25) is 5.89 Å². The number of imidazole rings is 1.